The van der Waals surface area contributed by atoms with Crippen LogP contribution in [-0.4, -0.2) is 58.2 Å². The molecule has 2 heterocycles. The molecule has 7 heteroatoms. The molecule has 0 radical (unpaired) electrons. The normalized spacial score (nSPS) is 28.2. The van der Waals surface area contributed by atoms with Gasteiger partial charge in [0, 0.05) is 12.5 Å². The summed E-state index contributed by atoms with van der Waals surface area (Å²) in [5, 5.41) is 11.5. The third-order valence-electron chi connectivity index (χ3n) is 8.30. The standard InChI is InChI=1S/C31H47NO6/c1-7-24(19-23-13-9-8-10-14-23)27(21(4)5)37-29(34)25-15-11-12-18-32(25)30(35)31(36)28(33)22(6)16-17-26(38-31)20(2)3/h8-10,13-14,20-22,24-27,36H,7,11-12,15-19H2,1-6H3. The predicted molar refractivity (Wildman–Crippen MR) is 146 cm³/mol. The number of rotatable bonds is 9. The molecule has 7 nitrogen and oxygen atoms in total. The van der Waals surface area contributed by atoms with E-state index in [1.807, 2.05) is 45.9 Å². The van der Waals surface area contributed by atoms with Crippen LogP contribution in [0, 0.1) is 23.7 Å². The summed E-state index contributed by atoms with van der Waals surface area (Å²) in [6.45, 7) is 12.1. The van der Waals surface area contributed by atoms with Crippen molar-refractivity contribution in [3.63, 3.8) is 0 Å². The molecule has 2 saturated heterocycles. The number of aliphatic hydroxyl groups is 1. The quantitative estimate of drug-likeness (QED) is 0.360. The summed E-state index contributed by atoms with van der Waals surface area (Å²) in [6, 6.07) is 9.31. The molecule has 212 valence electrons. The van der Waals surface area contributed by atoms with Gasteiger partial charge >= 0.3 is 11.8 Å². The monoisotopic (exact) mass is 529 g/mol. The highest BCUT2D eigenvalue weighted by Gasteiger charge is 2.54. The van der Waals surface area contributed by atoms with Crippen LogP contribution in [0.2, 0.25) is 0 Å². The van der Waals surface area contributed by atoms with Gasteiger partial charge in [0.2, 0.25) is 5.78 Å². The summed E-state index contributed by atoms with van der Waals surface area (Å²) in [4.78, 5) is 42.1. The van der Waals surface area contributed by atoms with Crippen LogP contribution in [0.3, 0.4) is 0 Å². The van der Waals surface area contributed by atoms with Gasteiger partial charge in [0.15, 0.2) is 0 Å². The van der Waals surface area contributed by atoms with E-state index in [4.69, 9.17) is 9.47 Å². The molecule has 0 spiro atoms. The Balaban J connectivity index is 1.83. The van der Waals surface area contributed by atoms with E-state index in [2.05, 4.69) is 19.1 Å². The van der Waals surface area contributed by atoms with Gasteiger partial charge in [-0.15, -0.1) is 0 Å². The summed E-state index contributed by atoms with van der Waals surface area (Å²) in [7, 11) is 0. The molecule has 0 bridgehead atoms. The molecular weight excluding hydrogens is 482 g/mol. The highest BCUT2D eigenvalue weighted by molar-refractivity contribution is 6.09. The number of carbonyl (C=O) groups excluding carboxylic acids is 3. The van der Waals surface area contributed by atoms with Crippen molar-refractivity contribution in [1.29, 1.82) is 0 Å². The van der Waals surface area contributed by atoms with Gasteiger partial charge in [-0.2, -0.15) is 0 Å². The van der Waals surface area contributed by atoms with Gasteiger partial charge in [-0.05, 0) is 68.3 Å². The van der Waals surface area contributed by atoms with Crippen molar-refractivity contribution >= 4 is 17.7 Å². The number of benzene rings is 1. The number of hydrogen-bond acceptors (Lipinski definition) is 6. The van der Waals surface area contributed by atoms with Crippen LogP contribution in [0.4, 0.5) is 0 Å². The van der Waals surface area contributed by atoms with E-state index < -0.39 is 41.5 Å². The second-order valence-corrected chi connectivity index (χ2v) is 11.9. The van der Waals surface area contributed by atoms with Crippen LogP contribution in [0.1, 0.15) is 85.6 Å². The lowest BCUT2D eigenvalue weighted by atomic mass is 9.86. The number of amides is 1. The molecule has 2 fully saturated rings. The van der Waals surface area contributed by atoms with Crippen molar-refractivity contribution in [2.75, 3.05) is 6.54 Å². The summed E-state index contributed by atoms with van der Waals surface area (Å²) < 4.78 is 12.1. The molecule has 0 aromatic heterocycles. The van der Waals surface area contributed by atoms with Gasteiger partial charge in [-0.3, -0.25) is 9.59 Å². The maximum Gasteiger partial charge on any atom is 0.329 e. The number of ketones is 1. The molecule has 2 aliphatic rings. The van der Waals surface area contributed by atoms with Crippen LogP contribution < -0.4 is 0 Å². The smallest absolute Gasteiger partial charge is 0.329 e. The van der Waals surface area contributed by atoms with E-state index >= 15 is 0 Å². The number of nitrogens with zero attached hydrogens (tertiary/aromatic N) is 1. The summed E-state index contributed by atoms with van der Waals surface area (Å²) in [5.41, 5.74) is 1.19. The molecule has 1 aromatic carbocycles. The fourth-order valence-corrected chi connectivity index (χ4v) is 5.85. The van der Waals surface area contributed by atoms with Crippen LogP contribution in [0.25, 0.3) is 0 Å². The number of hydrogen-bond donors (Lipinski definition) is 1. The zero-order valence-electron chi connectivity index (χ0n) is 24.0. The van der Waals surface area contributed by atoms with E-state index in [0.717, 1.165) is 19.3 Å². The first-order valence-electron chi connectivity index (χ1n) is 14.5. The number of piperidine rings is 1. The average Bonchev–Trinajstić information content (AvgIpc) is 3.02. The molecule has 38 heavy (non-hydrogen) atoms. The third-order valence-corrected chi connectivity index (χ3v) is 8.30. The largest absolute Gasteiger partial charge is 0.460 e. The second kappa shape index (κ2) is 13.2. The number of likely N-dealkylation sites (tertiary alicyclic amines) is 1. The van der Waals surface area contributed by atoms with E-state index in [-0.39, 0.29) is 30.4 Å². The molecule has 6 atom stereocenters. The molecule has 0 saturated carbocycles. The zero-order chi connectivity index (χ0) is 28.0. The lowest BCUT2D eigenvalue weighted by Gasteiger charge is -2.40. The number of carbonyl (C=O) groups is 3. The van der Waals surface area contributed by atoms with E-state index in [0.29, 0.717) is 25.7 Å². The van der Waals surface area contributed by atoms with E-state index in [1.54, 1.807) is 6.92 Å². The van der Waals surface area contributed by atoms with Crippen LogP contribution in [0.5, 0.6) is 0 Å². The van der Waals surface area contributed by atoms with Crippen LogP contribution in [0.15, 0.2) is 30.3 Å². The lowest BCUT2D eigenvalue weighted by Crippen LogP contribution is -2.62. The molecule has 0 aliphatic carbocycles. The SMILES string of the molecule is CCC(Cc1ccccc1)C(OC(=O)C1CCCCN1C(=O)C1(O)OC(C(C)C)CCC(C)C1=O)C(C)C. The van der Waals surface area contributed by atoms with Gasteiger partial charge in [0.1, 0.15) is 12.1 Å². The van der Waals surface area contributed by atoms with E-state index in [1.165, 1.54) is 10.5 Å². The highest BCUT2D eigenvalue weighted by atomic mass is 16.6. The molecule has 6 unspecified atom stereocenters. The lowest BCUT2D eigenvalue weighted by molar-refractivity contribution is -0.233. The fourth-order valence-electron chi connectivity index (χ4n) is 5.85. The fraction of sp³-hybridized carbons (Fsp3) is 0.710. The van der Waals surface area contributed by atoms with Crippen molar-refractivity contribution < 1.29 is 29.0 Å². The maximum atomic E-state index is 13.8. The van der Waals surface area contributed by atoms with E-state index in [9.17, 15) is 19.5 Å². The Labute approximate surface area is 228 Å². The highest BCUT2D eigenvalue weighted by Crippen LogP contribution is 2.34. The van der Waals surface area contributed by atoms with Gasteiger partial charge in [0.05, 0.1) is 6.10 Å². The Morgan fingerprint density at radius 3 is 2.39 bits per heavy atom. The van der Waals surface area contributed by atoms with Crippen molar-refractivity contribution in [3.8, 4) is 0 Å². The van der Waals surface area contributed by atoms with Crippen LogP contribution >= 0.6 is 0 Å². The Kier molecular flexibility index (Phi) is 10.5. The maximum absolute atomic E-state index is 13.8. The summed E-state index contributed by atoms with van der Waals surface area (Å²) in [6.07, 6.45) is 3.87. The summed E-state index contributed by atoms with van der Waals surface area (Å²) >= 11 is 0. The van der Waals surface area contributed by atoms with Gasteiger partial charge < -0.3 is 19.5 Å². The van der Waals surface area contributed by atoms with Gasteiger partial charge in [-0.25, -0.2) is 4.79 Å². The minimum atomic E-state index is -2.59. The minimum Gasteiger partial charge on any atom is -0.460 e. The van der Waals surface area contributed by atoms with Crippen molar-refractivity contribution in [3.05, 3.63) is 35.9 Å². The molecular formula is C31H47NO6. The third kappa shape index (κ3) is 6.84. The average molecular weight is 530 g/mol. The van der Waals surface area contributed by atoms with Crippen molar-refractivity contribution in [2.45, 2.75) is 111 Å². The topological polar surface area (TPSA) is 93.1 Å². The molecule has 3 rings (SSSR count). The summed E-state index contributed by atoms with van der Waals surface area (Å²) in [5.74, 6) is -4.80. The number of Topliss-reactive ketones (excluding diaryl/α,β-unsaturated/α-hetero) is 1. The number of ether oxygens (including phenoxy) is 2. The second-order valence-electron chi connectivity index (χ2n) is 11.9. The zero-order valence-corrected chi connectivity index (χ0v) is 24.0. The molecule has 1 N–H and O–H groups in total. The molecule has 1 amide bonds. The minimum absolute atomic E-state index is 0.0249. The first-order chi connectivity index (χ1) is 18.0. The first-order valence-corrected chi connectivity index (χ1v) is 14.5. The first kappa shape index (κ1) is 30.3. The van der Waals surface area contributed by atoms with Crippen molar-refractivity contribution in [1.82, 2.24) is 4.90 Å². The Bertz CT molecular complexity index is 947. The Morgan fingerprint density at radius 2 is 1.79 bits per heavy atom. The van der Waals surface area contributed by atoms with Gasteiger partial charge in [-0.1, -0.05) is 71.9 Å². The molecule has 2 aliphatic heterocycles. The van der Waals surface area contributed by atoms with Gasteiger partial charge in [0.25, 0.3) is 5.91 Å². The molecule has 1 aromatic rings. The Hall–Kier alpha value is -2.25. The predicted octanol–water partition coefficient (Wildman–Crippen LogP) is 4.93. The van der Waals surface area contributed by atoms with Crippen LogP contribution in [-0.2, 0) is 30.3 Å². The Morgan fingerprint density at radius 1 is 1.11 bits per heavy atom. The number of esters is 1. The van der Waals surface area contributed by atoms with Crippen molar-refractivity contribution in [2.24, 2.45) is 23.7 Å².